The number of hydrogen-bond donors (Lipinski definition) is 1. The van der Waals surface area contributed by atoms with E-state index in [9.17, 15) is 14.9 Å². The zero-order valence-corrected chi connectivity index (χ0v) is 16.2. The second-order valence-corrected chi connectivity index (χ2v) is 7.97. The molecule has 7 nitrogen and oxygen atoms in total. The summed E-state index contributed by atoms with van der Waals surface area (Å²) >= 11 is 1.68. The minimum Gasteiger partial charge on any atom is -0.324 e. The fourth-order valence-corrected chi connectivity index (χ4v) is 4.80. The van der Waals surface area contributed by atoms with Crippen molar-refractivity contribution in [1.82, 2.24) is 9.88 Å². The summed E-state index contributed by atoms with van der Waals surface area (Å²) in [5.74, 6) is -0.170. The summed E-state index contributed by atoms with van der Waals surface area (Å²) in [7, 11) is 0. The molecule has 1 aliphatic heterocycles. The van der Waals surface area contributed by atoms with Gasteiger partial charge in [0.1, 0.15) is 5.01 Å². The Hall–Kier alpha value is -2.84. The van der Waals surface area contributed by atoms with Crippen LogP contribution >= 0.6 is 11.3 Å². The second-order valence-electron chi connectivity index (χ2n) is 6.90. The maximum Gasteiger partial charge on any atom is 0.274 e. The molecule has 1 aromatic heterocycles. The molecule has 0 aliphatic carbocycles. The highest BCUT2D eigenvalue weighted by Crippen LogP contribution is 2.36. The molecule has 1 aliphatic rings. The van der Waals surface area contributed by atoms with Crippen molar-refractivity contribution >= 4 is 38.8 Å². The van der Waals surface area contributed by atoms with E-state index < -0.39 is 4.92 Å². The quantitative estimate of drug-likeness (QED) is 0.513. The number of anilines is 1. The van der Waals surface area contributed by atoms with Crippen LogP contribution in [0.3, 0.4) is 0 Å². The van der Waals surface area contributed by atoms with Crippen LogP contribution in [0.15, 0.2) is 42.5 Å². The van der Waals surface area contributed by atoms with Crippen LogP contribution in [0.5, 0.6) is 0 Å². The van der Waals surface area contributed by atoms with Gasteiger partial charge in [0, 0.05) is 6.07 Å². The maximum absolute atomic E-state index is 12.6. The minimum absolute atomic E-state index is 0.00586. The van der Waals surface area contributed by atoms with Crippen LogP contribution in [0.2, 0.25) is 0 Å². The first-order valence-electron chi connectivity index (χ1n) is 9.16. The summed E-state index contributed by atoms with van der Waals surface area (Å²) in [5, 5.41) is 15.0. The van der Waals surface area contributed by atoms with E-state index in [4.69, 9.17) is 4.98 Å². The van der Waals surface area contributed by atoms with Gasteiger partial charge in [-0.3, -0.25) is 19.8 Å². The lowest BCUT2D eigenvalue weighted by Gasteiger charge is -2.22. The number of likely N-dealkylation sites (tertiary alicyclic amines) is 1. The largest absolute Gasteiger partial charge is 0.324 e. The summed E-state index contributed by atoms with van der Waals surface area (Å²) in [6.45, 7) is 2.72. The first-order chi connectivity index (χ1) is 13.5. The number of nitrogens with zero attached hydrogens (tertiary/aromatic N) is 3. The Morgan fingerprint density at radius 3 is 2.93 bits per heavy atom. The second kappa shape index (κ2) is 7.65. The molecule has 1 amide bonds. The molecule has 28 heavy (non-hydrogen) atoms. The van der Waals surface area contributed by atoms with Gasteiger partial charge in [0.25, 0.3) is 5.69 Å². The Labute approximate surface area is 166 Å². The first-order valence-corrected chi connectivity index (χ1v) is 9.98. The number of carbonyl (C=O) groups excluding carboxylic acids is 1. The molecule has 4 rings (SSSR count). The number of benzene rings is 2. The number of amides is 1. The van der Waals surface area contributed by atoms with Gasteiger partial charge in [0.15, 0.2) is 0 Å². The van der Waals surface area contributed by atoms with Crippen LogP contribution in [0.1, 0.15) is 29.5 Å². The number of nitro groups is 1. The Balaban J connectivity index is 1.48. The lowest BCUT2D eigenvalue weighted by Crippen LogP contribution is -2.33. The van der Waals surface area contributed by atoms with Crippen molar-refractivity contribution in [1.29, 1.82) is 0 Å². The molecule has 1 fully saturated rings. The van der Waals surface area contributed by atoms with Gasteiger partial charge in [-0.15, -0.1) is 11.3 Å². The van der Waals surface area contributed by atoms with Crippen molar-refractivity contribution in [2.24, 2.45) is 0 Å². The molecule has 1 N–H and O–H groups in total. The topological polar surface area (TPSA) is 88.4 Å². The summed E-state index contributed by atoms with van der Waals surface area (Å²) < 4.78 is 1.15. The molecule has 1 saturated heterocycles. The number of fused-ring (bicyclic) bond motifs is 1. The zero-order valence-electron chi connectivity index (χ0n) is 15.4. The third-order valence-corrected chi connectivity index (χ3v) is 6.22. The summed E-state index contributed by atoms with van der Waals surface area (Å²) in [4.78, 5) is 30.2. The molecule has 1 unspecified atom stereocenters. The summed E-state index contributed by atoms with van der Waals surface area (Å²) in [6, 6.07) is 12.9. The molecular weight excluding hydrogens is 376 g/mol. The van der Waals surface area contributed by atoms with Gasteiger partial charge in [0.05, 0.1) is 39.0 Å². The number of para-hydroxylation sites is 1. The SMILES string of the molecule is Cc1c(NC(=O)CN2CCCC2c2nc3ccccc3s2)cccc1[N+](=O)[O-]. The van der Waals surface area contributed by atoms with E-state index in [0.717, 1.165) is 34.6 Å². The molecule has 2 heterocycles. The van der Waals surface area contributed by atoms with E-state index in [-0.39, 0.29) is 24.2 Å². The number of rotatable bonds is 5. The van der Waals surface area contributed by atoms with Crippen molar-refractivity contribution in [3.8, 4) is 0 Å². The summed E-state index contributed by atoms with van der Waals surface area (Å²) in [5.41, 5.74) is 1.94. The highest BCUT2D eigenvalue weighted by molar-refractivity contribution is 7.18. The highest BCUT2D eigenvalue weighted by Gasteiger charge is 2.30. The van der Waals surface area contributed by atoms with Crippen molar-refractivity contribution in [3.05, 3.63) is 63.1 Å². The van der Waals surface area contributed by atoms with E-state index in [1.165, 1.54) is 6.07 Å². The van der Waals surface area contributed by atoms with Gasteiger partial charge in [-0.2, -0.15) is 0 Å². The fraction of sp³-hybridized carbons (Fsp3) is 0.300. The van der Waals surface area contributed by atoms with E-state index >= 15 is 0 Å². The Kier molecular flexibility index (Phi) is 5.06. The fourth-order valence-electron chi connectivity index (χ4n) is 3.66. The van der Waals surface area contributed by atoms with Crippen LogP contribution in [-0.4, -0.2) is 33.8 Å². The van der Waals surface area contributed by atoms with Gasteiger partial charge in [-0.1, -0.05) is 18.2 Å². The average Bonchev–Trinajstić information content (AvgIpc) is 3.29. The Morgan fingerprint density at radius 1 is 1.32 bits per heavy atom. The van der Waals surface area contributed by atoms with Crippen molar-refractivity contribution in [3.63, 3.8) is 0 Å². The lowest BCUT2D eigenvalue weighted by molar-refractivity contribution is -0.385. The maximum atomic E-state index is 12.6. The molecule has 1 atom stereocenters. The predicted octanol–water partition coefficient (Wildman–Crippen LogP) is 4.29. The number of thiazole rings is 1. The van der Waals surface area contributed by atoms with Crippen molar-refractivity contribution in [2.75, 3.05) is 18.4 Å². The van der Waals surface area contributed by atoms with Crippen LogP contribution in [0.4, 0.5) is 11.4 Å². The highest BCUT2D eigenvalue weighted by atomic mass is 32.1. The molecule has 144 valence electrons. The van der Waals surface area contributed by atoms with E-state index in [1.807, 2.05) is 18.2 Å². The van der Waals surface area contributed by atoms with Gasteiger partial charge in [-0.25, -0.2) is 4.98 Å². The van der Waals surface area contributed by atoms with Gasteiger partial charge in [0.2, 0.25) is 5.91 Å². The molecule has 0 saturated carbocycles. The molecule has 0 radical (unpaired) electrons. The monoisotopic (exact) mass is 396 g/mol. The molecular formula is C20H20N4O3S. The number of aromatic nitrogens is 1. The first kappa shape index (κ1) is 18.5. The number of carbonyl (C=O) groups is 1. The molecule has 2 aromatic carbocycles. The van der Waals surface area contributed by atoms with Crippen LogP contribution in [-0.2, 0) is 4.79 Å². The van der Waals surface area contributed by atoms with Gasteiger partial charge in [-0.05, 0) is 44.5 Å². The normalized spacial score (nSPS) is 17.1. The number of nitrogens with one attached hydrogen (secondary N) is 1. The van der Waals surface area contributed by atoms with Gasteiger partial charge >= 0.3 is 0 Å². The molecule has 8 heteroatoms. The number of hydrogen-bond acceptors (Lipinski definition) is 6. The predicted molar refractivity (Wildman–Crippen MR) is 110 cm³/mol. The third-order valence-electron chi connectivity index (χ3n) is 5.08. The Bertz CT molecular complexity index is 1020. The van der Waals surface area contributed by atoms with E-state index in [1.54, 1.807) is 30.4 Å². The Morgan fingerprint density at radius 2 is 2.14 bits per heavy atom. The standard InChI is InChI=1S/C20H20N4O3S/c1-13-14(7-4-8-16(13)24(26)27)21-19(25)12-23-11-5-9-17(23)20-22-15-6-2-3-10-18(15)28-20/h2-4,6-8,10,17H,5,9,11-12H2,1H3,(H,21,25). The summed E-state index contributed by atoms with van der Waals surface area (Å²) in [6.07, 6.45) is 1.99. The zero-order chi connectivity index (χ0) is 19.7. The van der Waals surface area contributed by atoms with E-state index in [2.05, 4.69) is 16.3 Å². The van der Waals surface area contributed by atoms with Crippen LogP contribution < -0.4 is 5.32 Å². The number of nitro benzene ring substituents is 1. The minimum atomic E-state index is -0.436. The van der Waals surface area contributed by atoms with Crippen LogP contribution in [0.25, 0.3) is 10.2 Å². The van der Waals surface area contributed by atoms with Gasteiger partial charge < -0.3 is 5.32 Å². The molecule has 0 spiro atoms. The van der Waals surface area contributed by atoms with Crippen molar-refractivity contribution < 1.29 is 9.72 Å². The lowest BCUT2D eigenvalue weighted by atomic mass is 10.1. The molecule has 3 aromatic rings. The smallest absolute Gasteiger partial charge is 0.274 e. The van der Waals surface area contributed by atoms with Crippen molar-refractivity contribution in [2.45, 2.75) is 25.8 Å². The van der Waals surface area contributed by atoms with E-state index in [0.29, 0.717) is 11.3 Å². The van der Waals surface area contributed by atoms with Crippen LogP contribution in [0, 0.1) is 17.0 Å². The average molecular weight is 396 g/mol. The third kappa shape index (κ3) is 3.61. The molecule has 0 bridgehead atoms.